The Kier molecular flexibility index (Phi) is 15.0. The van der Waals surface area contributed by atoms with E-state index in [1.807, 2.05) is 62.9 Å². The number of likely N-dealkylation sites (N-methyl/N-ethyl adjacent to an activating group) is 1. The normalized spacial score (nSPS) is 21.3. The van der Waals surface area contributed by atoms with E-state index in [1.165, 1.54) is 0 Å². The lowest BCUT2D eigenvalue weighted by atomic mass is 9.75. The first-order chi connectivity index (χ1) is 23.0. The number of carbonyl (C=O) groups excluding carboxylic acids is 4. The molecule has 0 bridgehead atoms. The molecule has 10 nitrogen and oxygen atoms in total. The molecule has 1 aliphatic carbocycles. The predicted molar refractivity (Wildman–Crippen MR) is 190 cm³/mol. The highest BCUT2D eigenvalue weighted by Crippen LogP contribution is 2.37. The van der Waals surface area contributed by atoms with E-state index in [2.05, 4.69) is 0 Å². The zero-order valence-electron chi connectivity index (χ0n) is 31.4. The van der Waals surface area contributed by atoms with E-state index in [9.17, 15) is 24.3 Å². The van der Waals surface area contributed by atoms with Crippen LogP contribution in [0.15, 0.2) is 30.3 Å². The number of hydrogen-bond donors (Lipinski definition) is 2. The molecule has 0 aromatic heterocycles. The Morgan fingerprint density at radius 3 is 2.10 bits per heavy atom. The van der Waals surface area contributed by atoms with Gasteiger partial charge in [0.1, 0.15) is 5.78 Å². The van der Waals surface area contributed by atoms with Gasteiger partial charge in [0.15, 0.2) is 5.78 Å². The van der Waals surface area contributed by atoms with Gasteiger partial charge in [-0.2, -0.15) is 0 Å². The second-order valence-electron chi connectivity index (χ2n) is 15.6. The lowest BCUT2D eigenvalue weighted by molar-refractivity contribution is -0.150. The fraction of sp³-hybridized carbons (Fsp3) is 0.744. The van der Waals surface area contributed by atoms with E-state index in [4.69, 9.17) is 15.2 Å². The van der Waals surface area contributed by atoms with Gasteiger partial charge in [0.25, 0.3) is 0 Å². The van der Waals surface area contributed by atoms with E-state index in [-0.39, 0.29) is 72.5 Å². The average Bonchev–Trinajstić information content (AvgIpc) is 3.52. The van der Waals surface area contributed by atoms with Crippen LogP contribution in [0.5, 0.6) is 0 Å². The number of aliphatic hydroxyl groups excluding tert-OH is 1. The lowest BCUT2D eigenvalue weighted by Crippen LogP contribution is -2.56. The zero-order valence-corrected chi connectivity index (χ0v) is 31.4. The van der Waals surface area contributed by atoms with Gasteiger partial charge in [-0.3, -0.25) is 19.2 Å². The van der Waals surface area contributed by atoms with Gasteiger partial charge in [-0.15, -0.1) is 0 Å². The minimum atomic E-state index is -1.03. The number of aliphatic hydroxyl groups is 1. The Hall–Kier alpha value is -2.66. The highest BCUT2D eigenvalue weighted by atomic mass is 16.5. The molecule has 8 atom stereocenters. The molecule has 1 aromatic rings. The fourth-order valence-corrected chi connectivity index (χ4v) is 7.68. The van der Waals surface area contributed by atoms with E-state index < -0.39 is 35.7 Å². The van der Waals surface area contributed by atoms with Crippen molar-refractivity contribution in [1.82, 2.24) is 9.80 Å². The van der Waals surface area contributed by atoms with Gasteiger partial charge in [0.2, 0.25) is 11.8 Å². The zero-order chi connectivity index (χ0) is 36.6. The molecule has 0 radical (unpaired) electrons. The molecule has 2 aliphatic rings. The van der Waals surface area contributed by atoms with Crippen molar-refractivity contribution < 1.29 is 33.8 Å². The first-order valence-corrected chi connectivity index (χ1v) is 18.2. The Bertz CT molecular complexity index is 1240. The van der Waals surface area contributed by atoms with E-state index >= 15 is 0 Å². The Balaban J connectivity index is 1.74. The summed E-state index contributed by atoms with van der Waals surface area (Å²) in [7, 11) is 4.95. The molecule has 2 amide bonds. The monoisotopic (exact) mass is 685 g/mol. The van der Waals surface area contributed by atoms with Crippen LogP contribution < -0.4 is 5.73 Å². The van der Waals surface area contributed by atoms with Crippen LogP contribution in [0, 0.1) is 29.6 Å². The number of likely N-dealkylation sites (tertiary alicyclic amines) is 1. The van der Waals surface area contributed by atoms with Crippen molar-refractivity contribution in [2.24, 2.45) is 35.3 Å². The van der Waals surface area contributed by atoms with Gasteiger partial charge < -0.3 is 30.1 Å². The van der Waals surface area contributed by atoms with Gasteiger partial charge in [0.05, 0.1) is 42.4 Å². The Labute approximate surface area is 294 Å². The molecule has 1 aromatic carbocycles. The summed E-state index contributed by atoms with van der Waals surface area (Å²) in [5.41, 5.74) is 5.83. The van der Waals surface area contributed by atoms with E-state index in [0.29, 0.717) is 13.0 Å². The third-order valence-electron chi connectivity index (χ3n) is 11.2. The number of benzene rings is 1. The summed E-state index contributed by atoms with van der Waals surface area (Å²) in [6.45, 7) is 11.5. The summed E-state index contributed by atoms with van der Waals surface area (Å²) < 4.78 is 12.0. The van der Waals surface area contributed by atoms with Crippen LogP contribution in [0.1, 0.15) is 105 Å². The molecular weight excluding hydrogens is 622 g/mol. The van der Waals surface area contributed by atoms with Crippen molar-refractivity contribution in [3.8, 4) is 0 Å². The van der Waals surface area contributed by atoms with Crippen molar-refractivity contribution in [2.45, 2.75) is 129 Å². The lowest BCUT2D eigenvalue weighted by Gasteiger charge is -2.45. The number of ether oxygens (including phenoxy) is 2. The highest BCUT2D eigenvalue weighted by Gasteiger charge is 2.45. The van der Waals surface area contributed by atoms with Gasteiger partial charge in [-0.25, -0.2) is 0 Å². The van der Waals surface area contributed by atoms with Gasteiger partial charge in [0, 0.05) is 52.5 Å². The summed E-state index contributed by atoms with van der Waals surface area (Å²) in [5.74, 6) is -1.56. The first-order valence-electron chi connectivity index (χ1n) is 18.2. The summed E-state index contributed by atoms with van der Waals surface area (Å²) in [6.07, 6.45) is 2.99. The number of nitrogens with zero attached hydrogens (tertiary/aromatic N) is 2. The molecule has 0 spiro atoms. The van der Waals surface area contributed by atoms with Crippen molar-refractivity contribution in [2.75, 3.05) is 27.8 Å². The van der Waals surface area contributed by atoms with E-state index in [0.717, 1.165) is 31.2 Å². The van der Waals surface area contributed by atoms with Crippen LogP contribution in [0.25, 0.3) is 0 Å². The second-order valence-corrected chi connectivity index (χ2v) is 15.6. The Morgan fingerprint density at radius 1 is 0.959 bits per heavy atom. The molecule has 0 unspecified atom stereocenters. The number of Topliss-reactive ketones (excluding diaryl/α,β-unsaturated/α-hetero) is 2. The molecule has 1 heterocycles. The van der Waals surface area contributed by atoms with E-state index in [1.54, 1.807) is 40.0 Å². The minimum absolute atomic E-state index is 0.00945. The van der Waals surface area contributed by atoms with Gasteiger partial charge in [-0.1, -0.05) is 64.4 Å². The molecular formula is C39H63N3O7. The summed E-state index contributed by atoms with van der Waals surface area (Å²) in [5, 5.41) is 10.9. The van der Waals surface area contributed by atoms with Gasteiger partial charge >= 0.3 is 0 Å². The van der Waals surface area contributed by atoms with Crippen molar-refractivity contribution >= 4 is 23.4 Å². The van der Waals surface area contributed by atoms with Crippen LogP contribution in [-0.4, -0.2) is 95.9 Å². The number of ketones is 2. The SMILES string of the molecule is CO[C@H]([C@@H](C)C(=O)C[C@H](C)[C@@H](O)c1ccccc1)[C@@H]1CCCN1C(=O)C[C@@H](OC)[C@H](C1CCC1)N(C)C(=O)[C@@H](CC(=O)C(C)(C)N)C(C)C. The second kappa shape index (κ2) is 18.0. The molecule has 49 heavy (non-hydrogen) atoms. The van der Waals surface area contributed by atoms with Crippen LogP contribution >= 0.6 is 0 Å². The largest absolute Gasteiger partial charge is 0.388 e. The van der Waals surface area contributed by atoms with Crippen LogP contribution in [-0.2, 0) is 28.7 Å². The molecule has 3 rings (SSSR count). The highest BCUT2D eigenvalue weighted by molar-refractivity contribution is 5.92. The van der Waals surface area contributed by atoms with Crippen molar-refractivity contribution in [3.05, 3.63) is 35.9 Å². The molecule has 10 heteroatoms. The third kappa shape index (κ3) is 10.2. The predicted octanol–water partition coefficient (Wildman–Crippen LogP) is 4.96. The maximum atomic E-state index is 14.1. The number of nitrogens with two attached hydrogens (primary N) is 1. The Morgan fingerprint density at radius 2 is 1.59 bits per heavy atom. The molecule has 1 saturated carbocycles. The summed E-state index contributed by atoms with van der Waals surface area (Å²) in [4.78, 5) is 58.1. The summed E-state index contributed by atoms with van der Waals surface area (Å²) >= 11 is 0. The average molecular weight is 686 g/mol. The van der Waals surface area contributed by atoms with Crippen molar-refractivity contribution in [1.29, 1.82) is 0 Å². The van der Waals surface area contributed by atoms with Crippen molar-refractivity contribution in [3.63, 3.8) is 0 Å². The standard InChI is InChI=1S/C39H63N3O7/c1-24(2)29(22-33(44)39(5,6)40)38(47)41(7)35(27-17-13-18-27)32(48-8)23-34(45)42-20-14-19-30(42)37(49-9)26(4)31(43)21-25(3)36(46)28-15-11-10-12-16-28/h10-12,15-16,24-27,29-30,32,35-37,46H,13-14,17-23,40H2,1-9H3/t25-,26-,29-,30-,32+,35-,36+,37+/m0/s1. The number of carbonyl (C=O) groups is 4. The maximum absolute atomic E-state index is 14.1. The minimum Gasteiger partial charge on any atom is -0.388 e. The molecule has 276 valence electrons. The quantitative estimate of drug-likeness (QED) is 0.209. The number of methoxy groups -OCH3 is 2. The van der Waals surface area contributed by atoms with Crippen LogP contribution in [0.3, 0.4) is 0 Å². The molecule has 1 aliphatic heterocycles. The molecule has 2 fully saturated rings. The number of amides is 2. The third-order valence-corrected chi connectivity index (χ3v) is 11.2. The topological polar surface area (TPSA) is 139 Å². The fourth-order valence-electron chi connectivity index (χ4n) is 7.68. The molecule has 1 saturated heterocycles. The summed E-state index contributed by atoms with van der Waals surface area (Å²) in [6, 6.07) is 8.75. The number of rotatable bonds is 19. The smallest absolute Gasteiger partial charge is 0.226 e. The molecule has 3 N–H and O–H groups in total. The maximum Gasteiger partial charge on any atom is 0.226 e. The van der Waals surface area contributed by atoms with Crippen LogP contribution in [0.2, 0.25) is 0 Å². The number of hydrogen-bond acceptors (Lipinski definition) is 8. The first kappa shape index (κ1) is 40.8. The van der Waals surface area contributed by atoms with Gasteiger partial charge in [-0.05, 0) is 62.8 Å². The van der Waals surface area contributed by atoms with Crippen LogP contribution in [0.4, 0.5) is 0 Å².